The monoisotopic (exact) mass is 347 g/mol. The maximum absolute atomic E-state index is 6.06. The van der Waals surface area contributed by atoms with Gasteiger partial charge in [-0.3, -0.25) is 0 Å². The summed E-state index contributed by atoms with van der Waals surface area (Å²) in [5.41, 5.74) is 10.2. The highest BCUT2D eigenvalue weighted by Gasteiger charge is 2.19. The lowest BCUT2D eigenvalue weighted by atomic mass is 9.86. The molecule has 0 heterocycles. The Kier molecular flexibility index (Phi) is 4.62. The van der Waals surface area contributed by atoms with Gasteiger partial charge >= 0.3 is 0 Å². The average molecular weight is 348 g/mol. The maximum Gasteiger partial charge on any atom is 0.123 e. The molecular formula is C18H22BrNO. The number of nitrogen functional groups attached to an aromatic ring is 1. The number of rotatable bonds is 3. The molecule has 0 aliphatic heterocycles. The van der Waals surface area contributed by atoms with Gasteiger partial charge in [-0.2, -0.15) is 0 Å². The van der Waals surface area contributed by atoms with Gasteiger partial charge in [-0.1, -0.05) is 54.9 Å². The van der Waals surface area contributed by atoms with E-state index in [1.165, 1.54) is 11.1 Å². The molecule has 0 amide bonds. The minimum Gasteiger partial charge on any atom is -0.489 e. The van der Waals surface area contributed by atoms with E-state index in [1.54, 1.807) is 0 Å². The molecule has 2 rings (SSSR count). The van der Waals surface area contributed by atoms with E-state index in [9.17, 15) is 0 Å². The van der Waals surface area contributed by atoms with Gasteiger partial charge in [0.1, 0.15) is 12.4 Å². The molecule has 0 atom stereocenters. The van der Waals surface area contributed by atoms with Crippen LogP contribution in [-0.4, -0.2) is 0 Å². The summed E-state index contributed by atoms with van der Waals surface area (Å²) in [6.45, 7) is 9.13. The number of hydrogen-bond donors (Lipinski definition) is 1. The van der Waals surface area contributed by atoms with E-state index < -0.39 is 0 Å². The first-order chi connectivity index (χ1) is 9.77. The topological polar surface area (TPSA) is 35.2 Å². The Morgan fingerprint density at radius 3 is 2.43 bits per heavy atom. The van der Waals surface area contributed by atoms with Crippen molar-refractivity contribution >= 4 is 21.6 Å². The van der Waals surface area contributed by atoms with Crippen molar-refractivity contribution in [1.82, 2.24) is 0 Å². The van der Waals surface area contributed by atoms with Crippen LogP contribution in [0.3, 0.4) is 0 Å². The zero-order valence-electron chi connectivity index (χ0n) is 13.0. The van der Waals surface area contributed by atoms with Gasteiger partial charge in [0.2, 0.25) is 0 Å². The van der Waals surface area contributed by atoms with Crippen molar-refractivity contribution in [2.75, 3.05) is 5.73 Å². The molecule has 0 aliphatic carbocycles. The highest BCUT2D eigenvalue weighted by atomic mass is 79.9. The normalized spacial score (nSPS) is 11.5. The van der Waals surface area contributed by atoms with E-state index in [2.05, 4.69) is 61.8 Å². The highest BCUT2D eigenvalue weighted by Crippen LogP contribution is 2.33. The van der Waals surface area contributed by atoms with Crippen molar-refractivity contribution in [2.24, 2.45) is 0 Å². The fourth-order valence-electron chi connectivity index (χ4n) is 2.22. The summed E-state index contributed by atoms with van der Waals surface area (Å²) in [5, 5.41) is 0. The Hall–Kier alpha value is -1.48. The van der Waals surface area contributed by atoms with E-state index in [1.807, 2.05) is 18.2 Å². The second kappa shape index (κ2) is 6.10. The second-order valence-electron chi connectivity index (χ2n) is 6.38. The van der Waals surface area contributed by atoms with E-state index in [4.69, 9.17) is 10.5 Å². The lowest BCUT2D eigenvalue weighted by Gasteiger charge is -2.23. The number of benzene rings is 2. The third-order valence-corrected chi connectivity index (χ3v) is 3.93. The molecule has 0 unspecified atom stereocenters. The molecule has 112 valence electrons. The minimum atomic E-state index is 0.0499. The largest absolute Gasteiger partial charge is 0.489 e. The second-order valence-corrected chi connectivity index (χ2v) is 7.30. The van der Waals surface area contributed by atoms with Crippen LogP contribution in [0.4, 0.5) is 5.69 Å². The summed E-state index contributed by atoms with van der Waals surface area (Å²) >= 11 is 3.42. The Bertz CT molecular complexity index is 644. The molecule has 3 heteroatoms. The first-order valence-corrected chi connectivity index (χ1v) is 7.84. The lowest BCUT2D eigenvalue weighted by Crippen LogP contribution is -2.13. The fourth-order valence-corrected chi connectivity index (χ4v) is 2.60. The Morgan fingerprint density at radius 1 is 1.10 bits per heavy atom. The molecule has 2 aromatic carbocycles. The molecule has 0 aliphatic rings. The van der Waals surface area contributed by atoms with Crippen molar-refractivity contribution in [2.45, 2.75) is 39.7 Å². The third-order valence-electron chi connectivity index (χ3n) is 3.44. The van der Waals surface area contributed by atoms with Gasteiger partial charge in [-0.25, -0.2) is 0 Å². The van der Waals surface area contributed by atoms with Crippen molar-refractivity contribution in [3.63, 3.8) is 0 Å². The average Bonchev–Trinajstić information content (AvgIpc) is 2.36. The summed E-state index contributed by atoms with van der Waals surface area (Å²) in [7, 11) is 0. The van der Waals surface area contributed by atoms with Crippen LogP contribution in [-0.2, 0) is 12.0 Å². The third kappa shape index (κ3) is 4.01. The predicted molar refractivity (Wildman–Crippen MR) is 92.8 cm³/mol. The molecule has 0 spiro atoms. The molecule has 0 radical (unpaired) electrons. The Morgan fingerprint density at radius 2 is 1.81 bits per heavy atom. The van der Waals surface area contributed by atoms with Gasteiger partial charge in [-0.15, -0.1) is 0 Å². The van der Waals surface area contributed by atoms with Crippen molar-refractivity contribution in [1.29, 1.82) is 0 Å². The van der Waals surface area contributed by atoms with Crippen LogP contribution in [0.15, 0.2) is 40.9 Å². The van der Waals surface area contributed by atoms with Gasteiger partial charge in [0, 0.05) is 15.7 Å². The molecule has 0 bridgehead atoms. The van der Waals surface area contributed by atoms with Crippen molar-refractivity contribution in [3.05, 3.63) is 57.6 Å². The minimum absolute atomic E-state index is 0.0499. The molecular weight excluding hydrogens is 326 g/mol. The predicted octanol–water partition coefficient (Wildman–Crippen LogP) is 5.22. The molecule has 0 saturated heterocycles. The number of nitrogens with two attached hydrogens (primary N) is 1. The zero-order chi connectivity index (χ0) is 15.6. The van der Waals surface area contributed by atoms with Crippen LogP contribution >= 0.6 is 15.9 Å². The van der Waals surface area contributed by atoms with Gasteiger partial charge in [0.25, 0.3) is 0 Å². The van der Waals surface area contributed by atoms with Crippen LogP contribution in [0, 0.1) is 6.92 Å². The first-order valence-electron chi connectivity index (χ1n) is 7.05. The molecule has 0 aromatic heterocycles. The standard InChI is InChI=1S/C18H22BrNO/c1-12-5-8-15(18(2,3)4)17(9-12)21-11-13-6-7-14(19)10-16(13)20/h5-10H,11,20H2,1-4H3. The molecule has 0 fully saturated rings. The summed E-state index contributed by atoms with van der Waals surface area (Å²) in [6.07, 6.45) is 0. The summed E-state index contributed by atoms with van der Waals surface area (Å²) in [6, 6.07) is 12.2. The van der Waals surface area contributed by atoms with E-state index in [0.29, 0.717) is 6.61 Å². The van der Waals surface area contributed by atoms with Gasteiger partial charge < -0.3 is 10.5 Å². The maximum atomic E-state index is 6.06. The first kappa shape index (κ1) is 15.9. The summed E-state index contributed by atoms with van der Waals surface area (Å²) in [4.78, 5) is 0. The fraction of sp³-hybridized carbons (Fsp3) is 0.333. The quantitative estimate of drug-likeness (QED) is 0.772. The van der Waals surface area contributed by atoms with Crippen LogP contribution in [0.5, 0.6) is 5.75 Å². The SMILES string of the molecule is Cc1ccc(C(C)(C)C)c(OCc2ccc(Br)cc2N)c1. The van der Waals surface area contributed by atoms with Gasteiger partial charge in [0.05, 0.1) is 0 Å². The molecule has 0 saturated carbocycles. The number of anilines is 1. The number of hydrogen-bond acceptors (Lipinski definition) is 2. The lowest BCUT2D eigenvalue weighted by molar-refractivity contribution is 0.298. The van der Waals surface area contributed by atoms with E-state index >= 15 is 0 Å². The van der Waals surface area contributed by atoms with E-state index in [-0.39, 0.29) is 5.41 Å². The van der Waals surface area contributed by atoms with Crippen LogP contribution < -0.4 is 10.5 Å². The summed E-state index contributed by atoms with van der Waals surface area (Å²) in [5.74, 6) is 0.935. The van der Waals surface area contributed by atoms with E-state index in [0.717, 1.165) is 21.5 Å². The molecule has 2 nitrogen and oxygen atoms in total. The molecule has 21 heavy (non-hydrogen) atoms. The zero-order valence-corrected chi connectivity index (χ0v) is 14.6. The highest BCUT2D eigenvalue weighted by molar-refractivity contribution is 9.10. The van der Waals surface area contributed by atoms with Crippen LogP contribution in [0.2, 0.25) is 0 Å². The number of aryl methyl sites for hydroxylation is 1. The van der Waals surface area contributed by atoms with Gasteiger partial charge in [-0.05, 0) is 41.7 Å². The van der Waals surface area contributed by atoms with Gasteiger partial charge in [0.15, 0.2) is 0 Å². The van der Waals surface area contributed by atoms with Crippen LogP contribution in [0.25, 0.3) is 0 Å². The Labute approximate surface area is 135 Å². The van der Waals surface area contributed by atoms with Crippen LogP contribution in [0.1, 0.15) is 37.5 Å². The smallest absolute Gasteiger partial charge is 0.123 e. The van der Waals surface area contributed by atoms with Crippen molar-refractivity contribution < 1.29 is 4.74 Å². The number of halogens is 1. The molecule has 2 aromatic rings. The number of ether oxygens (including phenoxy) is 1. The van der Waals surface area contributed by atoms with Crippen molar-refractivity contribution in [3.8, 4) is 5.75 Å². The molecule has 2 N–H and O–H groups in total. The Balaban J connectivity index is 2.25. The summed E-state index contributed by atoms with van der Waals surface area (Å²) < 4.78 is 7.04.